The molecule has 0 saturated heterocycles. The van der Waals surface area contributed by atoms with Gasteiger partial charge in [-0.3, -0.25) is 4.79 Å². The summed E-state index contributed by atoms with van der Waals surface area (Å²) < 4.78 is 0. The van der Waals surface area contributed by atoms with Gasteiger partial charge in [0.15, 0.2) is 0 Å². The highest BCUT2D eigenvalue weighted by molar-refractivity contribution is 7.13. The first-order chi connectivity index (χ1) is 14.4. The molecule has 4 rings (SSSR count). The second kappa shape index (κ2) is 8.48. The summed E-state index contributed by atoms with van der Waals surface area (Å²) in [6.07, 6.45) is 3.16. The zero-order valence-corrected chi connectivity index (χ0v) is 18.0. The molecule has 2 aromatic heterocycles. The molecule has 6 heteroatoms. The summed E-state index contributed by atoms with van der Waals surface area (Å²) in [5.41, 5.74) is 4.69. The smallest absolute Gasteiger partial charge is 0.306 e. The van der Waals surface area contributed by atoms with Crippen LogP contribution < -0.4 is 5.32 Å². The second-order valence-corrected chi connectivity index (χ2v) is 9.04. The lowest BCUT2D eigenvalue weighted by atomic mass is 9.86. The molecule has 1 saturated carbocycles. The zero-order valence-electron chi connectivity index (χ0n) is 17.2. The minimum Gasteiger partial charge on any atom is -0.507 e. The van der Waals surface area contributed by atoms with Crippen molar-refractivity contribution in [2.75, 3.05) is 5.32 Å². The Kier molecular flexibility index (Phi) is 5.77. The molecule has 2 atom stereocenters. The number of nitrogens with zero attached hydrogens (tertiary/aromatic N) is 1. The summed E-state index contributed by atoms with van der Waals surface area (Å²) in [5, 5.41) is 25.4. The normalized spacial score (nSPS) is 18.9. The highest BCUT2D eigenvalue weighted by Crippen LogP contribution is 2.37. The third kappa shape index (κ3) is 4.33. The van der Waals surface area contributed by atoms with Crippen LogP contribution in [0.4, 0.5) is 5.82 Å². The Bertz CT molecular complexity index is 1080. The third-order valence-corrected chi connectivity index (χ3v) is 6.82. The van der Waals surface area contributed by atoms with Gasteiger partial charge < -0.3 is 15.5 Å². The minimum atomic E-state index is -0.720. The van der Waals surface area contributed by atoms with Gasteiger partial charge in [0.05, 0.1) is 11.6 Å². The number of hydrogen-bond acceptors (Lipinski definition) is 5. The number of aryl methyl sites for hydroxylation is 2. The van der Waals surface area contributed by atoms with Crippen molar-refractivity contribution in [2.24, 2.45) is 5.92 Å². The quantitative estimate of drug-likeness (QED) is 0.480. The molecule has 3 N–H and O–H groups in total. The molecule has 1 aliphatic rings. The Hall–Kier alpha value is -2.86. The van der Waals surface area contributed by atoms with Crippen molar-refractivity contribution in [3.05, 3.63) is 52.9 Å². The fourth-order valence-electron chi connectivity index (χ4n) is 4.15. The number of carboxylic acid groups (broad SMARTS) is 1. The Morgan fingerprint density at radius 3 is 2.73 bits per heavy atom. The summed E-state index contributed by atoms with van der Waals surface area (Å²) >= 11 is 1.68. The fraction of sp³-hybridized carbons (Fsp3) is 0.333. The first kappa shape index (κ1) is 20.4. The van der Waals surface area contributed by atoms with E-state index in [-0.39, 0.29) is 17.7 Å². The molecule has 0 spiro atoms. The number of anilines is 1. The van der Waals surface area contributed by atoms with Crippen LogP contribution in [0.15, 0.2) is 41.8 Å². The maximum absolute atomic E-state index is 11.4. The maximum atomic E-state index is 11.4. The fourth-order valence-corrected chi connectivity index (χ4v) is 5.07. The zero-order chi connectivity index (χ0) is 21.3. The van der Waals surface area contributed by atoms with Crippen LogP contribution in [0.2, 0.25) is 0 Å². The molecule has 2 heterocycles. The molecule has 3 aromatic rings. The van der Waals surface area contributed by atoms with E-state index in [0.29, 0.717) is 23.5 Å². The number of thiophene rings is 1. The van der Waals surface area contributed by atoms with E-state index in [1.807, 2.05) is 31.2 Å². The van der Waals surface area contributed by atoms with Crippen LogP contribution in [0, 0.1) is 19.8 Å². The largest absolute Gasteiger partial charge is 0.507 e. The van der Waals surface area contributed by atoms with Crippen molar-refractivity contribution >= 4 is 23.1 Å². The van der Waals surface area contributed by atoms with Crippen molar-refractivity contribution in [1.82, 2.24) is 4.98 Å². The standard InChI is InChI=1S/C24H26N2O3S/c1-14-6-7-21(27)19(10-14)20-12-17(23-15(2)8-9-30-23)13-22(26-20)25-18-5-3-4-16(11-18)24(28)29/h6-10,12-13,16,18,27H,3-5,11H2,1-2H3,(H,25,26)(H,28,29). The van der Waals surface area contributed by atoms with Gasteiger partial charge in [0.2, 0.25) is 0 Å². The van der Waals surface area contributed by atoms with Crippen molar-refractivity contribution in [3.8, 4) is 27.4 Å². The average molecular weight is 423 g/mol. The topological polar surface area (TPSA) is 82.5 Å². The van der Waals surface area contributed by atoms with Gasteiger partial charge in [0.1, 0.15) is 11.6 Å². The van der Waals surface area contributed by atoms with Gasteiger partial charge in [-0.1, -0.05) is 18.1 Å². The summed E-state index contributed by atoms with van der Waals surface area (Å²) in [4.78, 5) is 17.4. The predicted molar refractivity (Wildman–Crippen MR) is 121 cm³/mol. The second-order valence-electron chi connectivity index (χ2n) is 8.12. The molecule has 2 unspecified atom stereocenters. The number of phenols is 1. The molecule has 1 aliphatic carbocycles. The van der Waals surface area contributed by atoms with Crippen LogP contribution in [-0.2, 0) is 4.79 Å². The number of pyridine rings is 1. The molecule has 30 heavy (non-hydrogen) atoms. The molecule has 5 nitrogen and oxygen atoms in total. The third-order valence-electron chi connectivity index (χ3n) is 5.75. The van der Waals surface area contributed by atoms with Gasteiger partial charge in [0.25, 0.3) is 0 Å². The van der Waals surface area contributed by atoms with E-state index in [1.165, 1.54) is 10.4 Å². The van der Waals surface area contributed by atoms with Gasteiger partial charge in [-0.25, -0.2) is 4.98 Å². The van der Waals surface area contributed by atoms with Crippen molar-refractivity contribution in [2.45, 2.75) is 45.6 Å². The number of phenolic OH excluding ortho intramolecular Hbond substituents is 1. The molecular weight excluding hydrogens is 396 g/mol. The highest BCUT2D eigenvalue weighted by Gasteiger charge is 2.27. The van der Waals surface area contributed by atoms with Crippen molar-refractivity contribution in [3.63, 3.8) is 0 Å². The molecule has 0 amide bonds. The van der Waals surface area contributed by atoms with Crippen LogP contribution in [0.25, 0.3) is 21.7 Å². The summed E-state index contributed by atoms with van der Waals surface area (Å²) in [7, 11) is 0. The number of benzene rings is 1. The van der Waals surface area contributed by atoms with E-state index in [1.54, 1.807) is 17.4 Å². The van der Waals surface area contributed by atoms with Crippen molar-refractivity contribution < 1.29 is 15.0 Å². The molecule has 1 fully saturated rings. The lowest BCUT2D eigenvalue weighted by Crippen LogP contribution is -2.31. The first-order valence-corrected chi connectivity index (χ1v) is 11.1. The molecule has 156 valence electrons. The predicted octanol–water partition coefficient (Wildman–Crippen LogP) is 5.85. The lowest BCUT2D eigenvalue weighted by molar-refractivity contribution is -0.142. The summed E-state index contributed by atoms with van der Waals surface area (Å²) in [6, 6.07) is 11.7. The van der Waals surface area contributed by atoms with Crippen LogP contribution in [0.1, 0.15) is 36.8 Å². The lowest BCUT2D eigenvalue weighted by Gasteiger charge is -2.28. The Balaban J connectivity index is 1.73. The monoisotopic (exact) mass is 422 g/mol. The SMILES string of the molecule is Cc1ccc(O)c(-c2cc(-c3sccc3C)cc(NC3CCCC(C(=O)O)C3)n2)c1. The van der Waals surface area contributed by atoms with Gasteiger partial charge in [0, 0.05) is 16.5 Å². The Labute approximate surface area is 180 Å². The highest BCUT2D eigenvalue weighted by atomic mass is 32.1. The van der Waals surface area contributed by atoms with E-state index in [0.717, 1.165) is 30.4 Å². The summed E-state index contributed by atoms with van der Waals surface area (Å²) in [5.74, 6) is -0.114. The molecule has 0 aliphatic heterocycles. The van der Waals surface area contributed by atoms with E-state index in [2.05, 4.69) is 23.7 Å². The van der Waals surface area contributed by atoms with Gasteiger partial charge in [-0.15, -0.1) is 11.3 Å². The van der Waals surface area contributed by atoms with Crippen LogP contribution in [-0.4, -0.2) is 27.2 Å². The minimum absolute atomic E-state index is 0.0750. The summed E-state index contributed by atoms with van der Waals surface area (Å²) in [6.45, 7) is 4.07. The number of aromatic hydroxyl groups is 1. The van der Waals surface area contributed by atoms with Crippen LogP contribution >= 0.6 is 11.3 Å². The van der Waals surface area contributed by atoms with E-state index in [4.69, 9.17) is 4.98 Å². The number of carboxylic acids is 1. The van der Waals surface area contributed by atoms with E-state index >= 15 is 0 Å². The molecular formula is C24H26N2O3S. The van der Waals surface area contributed by atoms with Crippen molar-refractivity contribution in [1.29, 1.82) is 0 Å². The van der Waals surface area contributed by atoms with Gasteiger partial charge in [-0.05, 0) is 79.9 Å². The average Bonchev–Trinajstić information content (AvgIpc) is 3.15. The number of carbonyl (C=O) groups is 1. The first-order valence-electron chi connectivity index (χ1n) is 10.3. The Morgan fingerprint density at radius 1 is 1.17 bits per heavy atom. The molecule has 1 aromatic carbocycles. The van der Waals surface area contributed by atoms with Gasteiger partial charge >= 0.3 is 5.97 Å². The van der Waals surface area contributed by atoms with Crippen LogP contribution in [0.5, 0.6) is 5.75 Å². The number of hydrogen-bond donors (Lipinski definition) is 3. The molecule has 0 bridgehead atoms. The number of rotatable bonds is 5. The van der Waals surface area contributed by atoms with E-state index < -0.39 is 5.97 Å². The maximum Gasteiger partial charge on any atom is 0.306 e. The Morgan fingerprint density at radius 2 is 2.00 bits per heavy atom. The van der Waals surface area contributed by atoms with Gasteiger partial charge in [-0.2, -0.15) is 0 Å². The number of aliphatic carboxylic acids is 1. The van der Waals surface area contributed by atoms with Crippen LogP contribution in [0.3, 0.4) is 0 Å². The number of nitrogens with one attached hydrogen (secondary N) is 1. The molecule has 0 radical (unpaired) electrons. The number of aromatic nitrogens is 1. The van der Waals surface area contributed by atoms with E-state index in [9.17, 15) is 15.0 Å².